The van der Waals surface area contributed by atoms with Crippen LogP contribution in [-0.2, 0) is 21.1 Å². The van der Waals surface area contributed by atoms with Gasteiger partial charge in [0.25, 0.3) is 0 Å². The average molecular weight is 312 g/mol. The third-order valence-corrected chi connectivity index (χ3v) is 3.95. The van der Waals surface area contributed by atoms with Gasteiger partial charge in [-0.05, 0) is 12.1 Å². The summed E-state index contributed by atoms with van der Waals surface area (Å²) in [6.45, 7) is 0.267. The molecule has 0 amide bonds. The summed E-state index contributed by atoms with van der Waals surface area (Å²) in [5.41, 5.74) is 1.52. The molecular formula is C13H16N2O5S. The van der Waals surface area contributed by atoms with Crippen molar-refractivity contribution in [2.75, 3.05) is 26.2 Å². The Bertz CT molecular complexity index is 779. The highest BCUT2D eigenvalue weighted by Gasteiger charge is 2.16. The molecule has 0 aliphatic carbocycles. The number of nitrogens with zero attached hydrogens (tertiary/aromatic N) is 2. The van der Waals surface area contributed by atoms with E-state index in [4.69, 9.17) is 4.74 Å². The van der Waals surface area contributed by atoms with E-state index in [2.05, 4.69) is 9.72 Å². The van der Waals surface area contributed by atoms with Gasteiger partial charge in [0, 0.05) is 12.8 Å². The highest BCUT2D eigenvalue weighted by molar-refractivity contribution is 7.90. The van der Waals surface area contributed by atoms with Gasteiger partial charge in [-0.1, -0.05) is 0 Å². The van der Waals surface area contributed by atoms with E-state index >= 15 is 0 Å². The number of hydrogen-bond donors (Lipinski definition) is 0. The number of aryl methyl sites for hydroxylation is 1. The summed E-state index contributed by atoms with van der Waals surface area (Å²) in [4.78, 5) is 15.8. The Morgan fingerprint density at radius 3 is 2.62 bits per heavy atom. The van der Waals surface area contributed by atoms with Crippen LogP contribution in [0.25, 0.3) is 11.0 Å². The van der Waals surface area contributed by atoms with Crippen molar-refractivity contribution in [3.63, 3.8) is 0 Å². The number of fused-ring (bicyclic) bond motifs is 1. The van der Waals surface area contributed by atoms with Crippen molar-refractivity contribution in [3.8, 4) is 5.75 Å². The Morgan fingerprint density at radius 2 is 2.05 bits per heavy atom. The second kappa shape index (κ2) is 5.72. The second-order valence-corrected chi connectivity index (χ2v) is 6.87. The second-order valence-electron chi connectivity index (χ2n) is 4.61. The van der Waals surface area contributed by atoms with Gasteiger partial charge in [0.1, 0.15) is 21.1 Å². The monoisotopic (exact) mass is 312 g/mol. The van der Waals surface area contributed by atoms with Gasteiger partial charge in [0.2, 0.25) is 0 Å². The van der Waals surface area contributed by atoms with Crippen LogP contribution in [0.4, 0.5) is 0 Å². The molecule has 0 atom stereocenters. The molecule has 1 heterocycles. The van der Waals surface area contributed by atoms with E-state index in [0.29, 0.717) is 22.3 Å². The van der Waals surface area contributed by atoms with Crippen LogP contribution in [-0.4, -0.2) is 50.2 Å². The first kappa shape index (κ1) is 15.3. The van der Waals surface area contributed by atoms with Crippen LogP contribution < -0.4 is 4.74 Å². The summed E-state index contributed by atoms with van der Waals surface area (Å²) in [7, 11) is -0.306. The quantitative estimate of drug-likeness (QED) is 0.762. The molecule has 21 heavy (non-hydrogen) atoms. The van der Waals surface area contributed by atoms with Gasteiger partial charge in [-0.25, -0.2) is 18.2 Å². The number of ether oxygens (including phenoxy) is 2. The number of aromatic nitrogens is 2. The van der Waals surface area contributed by atoms with E-state index in [1.165, 1.54) is 26.8 Å². The maximum Gasteiger partial charge on any atom is 0.338 e. The molecule has 8 heteroatoms. The van der Waals surface area contributed by atoms with Crippen LogP contribution >= 0.6 is 0 Å². The number of sulfone groups is 1. The maximum absolute atomic E-state index is 11.6. The fourth-order valence-electron chi connectivity index (χ4n) is 1.99. The molecule has 0 spiro atoms. The number of methoxy groups -OCH3 is 2. The normalized spacial score (nSPS) is 11.6. The lowest BCUT2D eigenvalue weighted by molar-refractivity contribution is 0.0600. The number of benzene rings is 1. The molecular weight excluding hydrogens is 296 g/mol. The molecule has 2 aromatic rings. The molecule has 114 valence electrons. The van der Waals surface area contributed by atoms with Crippen molar-refractivity contribution in [2.45, 2.75) is 6.54 Å². The van der Waals surface area contributed by atoms with Gasteiger partial charge in [-0.3, -0.25) is 0 Å². The standard InChI is InChI=1S/C13H16N2O5S/c1-19-11-7-9(13(16)20-2)6-10-12(11)15(8-14-10)4-5-21(3,17)18/h6-8H,4-5H2,1-3H3. The van der Waals surface area contributed by atoms with Crippen LogP contribution in [0.2, 0.25) is 0 Å². The molecule has 0 aliphatic rings. The number of rotatable bonds is 5. The summed E-state index contributed by atoms with van der Waals surface area (Å²) < 4.78 is 34.2. The molecule has 0 unspecified atom stereocenters. The SMILES string of the molecule is COC(=O)c1cc(OC)c2c(c1)ncn2CCS(C)(=O)=O. The third-order valence-electron chi connectivity index (χ3n) is 3.02. The zero-order valence-corrected chi connectivity index (χ0v) is 12.8. The summed E-state index contributed by atoms with van der Waals surface area (Å²) >= 11 is 0. The van der Waals surface area contributed by atoms with E-state index < -0.39 is 15.8 Å². The maximum atomic E-state index is 11.6. The molecule has 0 saturated carbocycles. The lowest BCUT2D eigenvalue weighted by Gasteiger charge is -2.09. The molecule has 0 saturated heterocycles. The molecule has 0 bridgehead atoms. The number of esters is 1. The van der Waals surface area contributed by atoms with E-state index in [-0.39, 0.29) is 12.3 Å². The van der Waals surface area contributed by atoms with Gasteiger partial charge < -0.3 is 14.0 Å². The van der Waals surface area contributed by atoms with Crippen LogP contribution in [0.5, 0.6) is 5.75 Å². The smallest absolute Gasteiger partial charge is 0.338 e. The van der Waals surface area contributed by atoms with Crippen molar-refractivity contribution in [2.24, 2.45) is 0 Å². The van der Waals surface area contributed by atoms with Gasteiger partial charge in [0.05, 0.1) is 37.4 Å². The fourth-order valence-corrected chi connectivity index (χ4v) is 2.52. The average Bonchev–Trinajstić information content (AvgIpc) is 2.85. The Kier molecular flexibility index (Phi) is 4.17. The minimum atomic E-state index is -3.08. The Hall–Kier alpha value is -2.09. The zero-order valence-electron chi connectivity index (χ0n) is 12.0. The Balaban J connectivity index is 2.49. The summed E-state index contributed by atoms with van der Waals surface area (Å²) in [5, 5.41) is 0. The minimum Gasteiger partial charge on any atom is -0.494 e. The first-order chi connectivity index (χ1) is 9.85. The third kappa shape index (κ3) is 3.33. The molecule has 0 fully saturated rings. The van der Waals surface area contributed by atoms with Gasteiger partial charge in [0.15, 0.2) is 0 Å². The lowest BCUT2D eigenvalue weighted by Crippen LogP contribution is -2.11. The Labute approximate surface area is 122 Å². The lowest BCUT2D eigenvalue weighted by atomic mass is 10.2. The number of carbonyl (C=O) groups excluding carboxylic acids is 1. The summed E-state index contributed by atoms with van der Waals surface area (Å²) in [6.07, 6.45) is 2.71. The predicted octanol–water partition coefficient (Wildman–Crippen LogP) is 0.876. The van der Waals surface area contributed by atoms with Gasteiger partial charge in [-0.2, -0.15) is 0 Å². The van der Waals surface area contributed by atoms with Gasteiger partial charge in [-0.15, -0.1) is 0 Å². The van der Waals surface area contributed by atoms with Crippen molar-refractivity contribution >= 4 is 26.8 Å². The van der Waals surface area contributed by atoms with Crippen LogP contribution in [0.1, 0.15) is 10.4 Å². The molecule has 0 radical (unpaired) electrons. The van der Waals surface area contributed by atoms with Crippen molar-refractivity contribution in [1.29, 1.82) is 0 Å². The number of carbonyl (C=O) groups is 1. The minimum absolute atomic E-state index is 0.000364. The first-order valence-electron chi connectivity index (χ1n) is 6.14. The summed E-state index contributed by atoms with van der Waals surface area (Å²) in [6, 6.07) is 3.13. The van der Waals surface area contributed by atoms with E-state index in [1.807, 2.05) is 0 Å². The van der Waals surface area contributed by atoms with Crippen LogP contribution in [0.15, 0.2) is 18.5 Å². The van der Waals surface area contributed by atoms with E-state index in [0.717, 1.165) is 0 Å². The highest BCUT2D eigenvalue weighted by atomic mass is 32.2. The fraction of sp³-hybridized carbons (Fsp3) is 0.385. The highest BCUT2D eigenvalue weighted by Crippen LogP contribution is 2.27. The molecule has 0 aliphatic heterocycles. The molecule has 2 rings (SSSR count). The van der Waals surface area contributed by atoms with Crippen LogP contribution in [0.3, 0.4) is 0 Å². The van der Waals surface area contributed by atoms with E-state index in [9.17, 15) is 13.2 Å². The largest absolute Gasteiger partial charge is 0.494 e. The van der Waals surface area contributed by atoms with Crippen molar-refractivity contribution in [3.05, 3.63) is 24.0 Å². The molecule has 1 aromatic carbocycles. The van der Waals surface area contributed by atoms with E-state index in [1.54, 1.807) is 16.7 Å². The zero-order chi connectivity index (χ0) is 15.6. The molecule has 1 aromatic heterocycles. The van der Waals surface area contributed by atoms with Crippen LogP contribution in [0, 0.1) is 0 Å². The topological polar surface area (TPSA) is 87.5 Å². The number of hydrogen-bond acceptors (Lipinski definition) is 6. The summed E-state index contributed by atoms with van der Waals surface area (Å²) in [5.74, 6) is -0.0415. The Morgan fingerprint density at radius 1 is 1.33 bits per heavy atom. The predicted molar refractivity (Wildman–Crippen MR) is 77.3 cm³/mol. The molecule has 0 N–H and O–H groups in total. The molecule has 7 nitrogen and oxygen atoms in total. The first-order valence-corrected chi connectivity index (χ1v) is 8.20. The van der Waals surface area contributed by atoms with Crippen molar-refractivity contribution < 1.29 is 22.7 Å². The number of imidazole rings is 1. The van der Waals surface area contributed by atoms with Crippen molar-refractivity contribution in [1.82, 2.24) is 9.55 Å². The van der Waals surface area contributed by atoms with Gasteiger partial charge >= 0.3 is 5.97 Å².